The van der Waals surface area contributed by atoms with Gasteiger partial charge in [0.15, 0.2) is 0 Å². The number of halogens is 1. The van der Waals surface area contributed by atoms with Crippen LogP contribution in [-0.2, 0) is 4.74 Å². The van der Waals surface area contributed by atoms with Gasteiger partial charge in [0.2, 0.25) is 0 Å². The van der Waals surface area contributed by atoms with Gasteiger partial charge >= 0.3 is 0 Å². The van der Waals surface area contributed by atoms with Crippen LogP contribution in [-0.4, -0.2) is 43.8 Å². The Kier molecular flexibility index (Phi) is 3.82. The highest BCUT2D eigenvalue weighted by Gasteiger charge is 2.34. The minimum atomic E-state index is -0.138. The van der Waals surface area contributed by atoms with E-state index in [0.29, 0.717) is 6.04 Å². The Balaban J connectivity index is 1.78. The van der Waals surface area contributed by atoms with Gasteiger partial charge in [0.05, 0.1) is 18.8 Å². The Morgan fingerprint density at radius 3 is 2.89 bits per heavy atom. The Morgan fingerprint density at radius 1 is 1.37 bits per heavy atom. The summed E-state index contributed by atoms with van der Waals surface area (Å²) in [5.74, 6) is -0.138. The predicted molar refractivity (Wildman–Crippen MR) is 72.5 cm³/mol. The van der Waals surface area contributed by atoms with Crippen LogP contribution in [0.1, 0.15) is 24.4 Å². The smallest absolute Gasteiger partial charge is 0.128 e. The van der Waals surface area contributed by atoms with E-state index in [9.17, 15) is 4.39 Å². The van der Waals surface area contributed by atoms with Crippen molar-refractivity contribution in [1.29, 1.82) is 0 Å². The van der Waals surface area contributed by atoms with Crippen molar-refractivity contribution in [2.24, 2.45) is 0 Å². The monoisotopic (exact) mass is 264 g/mol. The van der Waals surface area contributed by atoms with Gasteiger partial charge in [-0.15, -0.1) is 0 Å². The molecule has 1 aliphatic heterocycles. The molecule has 3 nitrogen and oxygen atoms in total. The molecule has 1 saturated heterocycles. The van der Waals surface area contributed by atoms with Crippen LogP contribution in [0.25, 0.3) is 0 Å². The van der Waals surface area contributed by atoms with Crippen molar-refractivity contribution in [2.75, 3.05) is 26.7 Å². The zero-order chi connectivity index (χ0) is 13.2. The number of morpholine rings is 1. The zero-order valence-corrected chi connectivity index (χ0v) is 11.3. The summed E-state index contributed by atoms with van der Waals surface area (Å²) in [6.07, 6.45) is 2.54. The lowest BCUT2D eigenvalue weighted by Gasteiger charge is -2.39. The number of likely N-dealkylation sites (N-methyl/N-ethyl adjacent to an activating group) is 1. The number of benzene rings is 1. The second kappa shape index (κ2) is 5.57. The highest BCUT2D eigenvalue weighted by molar-refractivity contribution is 5.23. The molecule has 2 atom stereocenters. The Morgan fingerprint density at radius 2 is 2.16 bits per heavy atom. The first-order valence-electron chi connectivity index (χ1n) is 7.05. The summed E-state index contributed by atoms with van der Waals surface area (Å²) in [6.45, 7) is 2.37. The van der Waals surface area contributed by atoms with E-state index in [4.69, 9.17) is 4.74 Å². The molecule has 3 rings (SSSR count). The van der Waals surface area contributed by atoms with Crippen LogP contribution in [0.2, 0.25) is 0 Å². The van der Waals surface area contributed by atoms with E-state index in [1.165, 1.54) is 18.9 Å². The first-order valence-corrected chi connectivity index (χ1v) is 7.05. The Labute approximate surface area is 113 Å². The van der Waals surface area contributed by atoms with Crippen molar-refractivity contribution < 1.29 is 9.13 Å². The summed E-state index contributed by atoms with van der Waals surface area (Å²) in [5.41, 5.74) is 0.743. The van der Waals surface area contributed by atoms with Crippen molar-refractivity contribution >= 4 is 0 Å². The summed E-state index contributed by atoms with van der Waals surface area (Å²) < 4.78 is 19.9. The quantitative estimate of drug-likeness (QED) is 0.899. The minimum absolute atomic E-state index is 0.00111. The Hall–Kier alpha value is -0.970. The minimum Gasteiger partial charge on any atom is -0.374 e. The molecule has 0 radical (unpaired) electrons. The average molecular weight is 264 g/mol. The lowest BCUT2D eigenvalue weighted by atomic mass is 9.98. The van der Waals surface area contributed by atoms with Gasteiger partial charge in [-0.1, -0.05) is 18.2 Å². The van der Waals surface area contributed by atoms with E-state index >= 15 is 0 Å². The molecule has 19 heavy (non-hydrogen) atoms. The third kappa shape index (κ3) is 2.96. The normalized spacial score (nSPS) is 28.5. The molecule has 1 aliphatic carbocycles. The van der Waals surface area contributed by atoms with Crippen LogP contribution in [0.4, 0.5) is 4.39 Å². The van der Waals surface area contributed by atoms with Crippen LogP contribution >= 0.6 is 0 Å². The summed E-state index contributed by atoms with van der Waals surface area (Å²) >= 11 is 0. The molecule has 1 aromatic carbocycles. The van der Waals surface area contributed by atoms with Crippen LogP contribution in [0.5, 0.6) is 0 Å². The summed E-state index contributed by atoms with van der Waals surface area (Å²) in [7, 11) is 2.05. The summed E-state index contributed by atoms with van der Waals surface area (Å²) in [4.78, 5) is 2.20. The molecule has 0 amide bonds. The number of nitrogens with zero attached hydrogens (tertiary/aromatic N) is 1. The highest BCUT2D eigenvalue weighted by Crippen LogP contribution is 2.30. The molecule has 2 fully saturated rings. The van der Waals surface area contributed by atoms with Crippen molar-refractivity contribution in [2.45, 2.75) is 31.0 Å². The van der Waals surface area contributed by atoms with Crippen LogP contribution in [0.15, 0.2) is 24.3 Å². The second-order valence-corrected chi connectivity index (χ2v) is 5.54. The van der Waals surface area contributed by atoms with Crippen molar-refractivity contribution in [1.82, 2.24) is 10.2 Å². The maximum Gasteiger partial charge on any atom is 0.128 e. The Bertz CT molecular complexity index is 436. The highest BCUT2D eigenvalue weighted by atomic mass is 19.1. The van der Waals surface area contributed by atoms with Gasteiger partial charge in [0, 0.05) is 24.7 Å². The topological polar surface area (TPSA) is 24.5 Å². The van der Waals surface area contributed by atoms with Gasteiger partial charge < -0.3 is 10.1 Å². The third-order valence-electron chi connectivity index (χ3n) is 4.01. The maximum atomic E-state index is 14.0. The van der Waals surface area contributed by atoms with E-state index in [2.05, 4.69) is 10.2 Å². The SMILES string of the molecule is CN1CCOC(CNC2CC2)C1c1ccccc1F. The molecule has 0 spiro atoms. The zero-order valence-electron chi connectivity index (χ0n) is 11.3. The molecule has 2 aliphatic rings. The first-order chi connectivity index (χ1) is 9.25. The van der Waals surface area contributed by atoms with Crippen LogP contribution < -0.4 is 5.32 Å². The molecule has 104 valence electrons. The fraction of sp³-hybridized carbons (Fsp3) is 0.600. The lowest BCUT2D eigenvalue weighted by Crippen LogP contribution is -2.48. The van der Waals surface area contributed by atoms with Crippen molar-refractivity contribution in [3.8, 4) is 0 Å². The molecular weight excluding hydrogens is 243 g/mol. The standard InChI is InChI=1S/C15H21FN2O/c1-18-8-9-19-14(10-17-11-6-7-11)15(18)12-4-2-3-5-13(12)16/h2-5,11,14-15,17H,6-10H2,1H3. The maximum absolute atomic E-state index is 14.0. The van der Waals surface area contributed by atoms with Gasteiger partial charge in [-0.2, -0.15) is 0 Å². The van der Waals surface area contributed by atoms with Gasteiger partial charge in [-0.3, -0.25) is 4.90 Å². The van der Waals surface area contributed by atoms with E-state index in [-0.39, 0.29) is 18.0 Å². The second-order valence-electron chi connectivity index (χ2n) is 5.54. The molecule has 1 aromatic rings. The van der Waals surface area contributed by atoms with Crippen molar-refractivity contribution in [3.63, 3.8) is 0 Å². The fourth-order valence-corrected chi connectivity index (χ4v) is 2.76. The lowest BCUT2D eigenvalue weighted by molar-refractivity contribution is -0.0625. The predicted octanol–water partition coefficient (Wildman–Crippen LogP) is 1.95. The third-order valence-corrected chi connectivity index (χ3v) is 4.01. The van der Waals surface area contributed by atoms with Crippen LogP contribution in [0, 0.1) is 5.82 Å². The molecule has 1 heterocycles. The molecule has 2 unspecified atom stereocenters. The van der Waals surface area contributed by atoms with E-state index in [1.807, 2.05) is 19.2 Å². The fourth-order valence-electron chi connectivity index (χ4n) is 2.76. The molecule has 0 aromatic heterocycles. The van der Waals surface area contributed by atoms with E-state index in [0.717, 1.165) is 25.3 Å². The first kappa shape index (κ1) is 13.0. The number of nitrogens with one attached hydrogen (secondary N) is 1. The molecule has 4 heteroatoms. The van der Waals surface area contributed by atoms with Gasteiger partial charge in [0.25, 0.3) is 0 Å². The van der Waals surface area contributed by atoms with Gasteiger partial charge in [0.1, 0.15) is 5.82 Å². The summed E-state index contributed by atoms with van der Waals surface area (Å²) in [5, 5.41) is 3.49. The molecule has 1 saturated carbocycles. The largest absolute Gasteiger partial charge is 0.374 e. The van der Waals surface area contributed by atoms with E-state index in [1.54, 1.807) is 6.07 Å². The van der Waals surface area contributed by atoms with Gasteiger partial charge in [-0.25, -0.2) is 4.39 Å². The number of ether oxygens (including phenoxy) is 1. The van der Waals surface area contributed by atoms with Gasteiger partial charge in [-0.05, 0) is 26.0 Å². The van der Waals surface area contributed by atoms with Crippen molar-refractivity contribution in [3.05, 3.63) is 35.6 Å². The average Bonchev–Trinajstić information content (AvgIpc) is 3.22. The van der Waals surface area contributed by atoms with Crippen LogP contribution in [0.3, 0.4) is 0 Å². The van der Waals surface area contributed by atoms with E-state index < -0.39 is 0 Å². The molecular formula is C15H21FN2O. The number of hydrogen-bond donors (Lipinski definition) is 1. The molecule has 0 bridgehead atoms. The number of rotatable bonds is 4. The molecule has 1 N–H and O–H groups in total. The summed E-state index contributed by atoms with van der Waals surface area (Å²) in [6, 6.07) is 7.68. The number of hydrogen-bond acceptors (Lipinski definition) is 3.